The zero-order valence-electron chi connectivity index (χ0n) is 40.0. The molecule has 0 aliphatic rings. The van der Waals surface area contributed by atoms with Gasteiger partial charge in [-0.1, -0.05) is 244 Å². The standard InChI is InChI=1S/C51H101N2O7P/c1-3-5-7-9-11-13-15-17-19-21-23-25-27-29-31-33-35-37-39-41-43-50(55)49(47-60-61(57,58)59-45-44-52)53-51(56)46-48(54)42-40-38-36-34-32-30-28-26-24-22-20-18-16-14-12-10-8-6-4-2/h33,35,41,43,48-50,54-55H,3-32,34,36-40,42,44-47,52H2,1-2H3,(H,53,56)(H,57,58)/b35-33+,43-41+. The summed E-state index contributed by atoms with van der Waals surface area (Å²) in [5.41, 5.74) is 5.38. The minimum Gasteiger partial charge on any atom is -0.393 e. The van der Waals surface area contributed by atoms with E-state index in [1.807, 2.05) is 6.08 Å². The highest BCUT2D eigenvalue weighted by Crippen LogP contribution is 2.43. The van der Waals surface area contributed by atoms with Gasteiger partial charge < -0.3 is 26.2 Å². The molecule has 362 valence electrons. The Kier molecular flexibility index (Phi) is 46.1. The molecule has 0 aromatic heterocycles. The van der Waals surface area contributed by atoms with Crippen LogP contribution < -0.4 is 11.1 Å². The van der Waals surface area contributed by atoms with Crippen LogP contribution >= 0.6 is 7.82 Å². The normalized spacial score (nSPS) is 14.5. The molecule has 10 heteroatoms. The van der Waals surface area contributed by atoms with Crippen molar-refractivity contribution in [3.63, 3.8) is 0 Å². The number of amides is 1. The fourth-order valence-electron chi connectivity index (χ4n) is 7.90. The Morgan fingerprint density at radius 1 is 0.557 bits per heavy atom. The molecule has 9 nitrogen and oxygen atoms in total. The van der Waals surface area contributed by atoms with Crippen molar-refractivity contribution in [3.8, 4) is 0 Å². The van der Waals surface area contributed by atoms with E-state index in [1.165, 1.54) is 193 Å². The third-order valence-electron chi connectivity index (χ3n) is 11.8. The van der Waals surface area contributed by atoms with E-state index >= 15 is 0 Å². The topological polar surface area (TPSA) is 151 Å². The van der Waals surface area contributed by atoms with Gasteiger partial charge in [0.05, 0.1) is 37.9 Å². The van der Waals surface area contributed by atoms with Crippen molar-refractivity contribution in [2.45, 2.75) is 276 Å². The van der Waals surface area contributed by atoms with Gasteiger partial charge in [0.15, 0.2) is 0 Å². The van der Waals surface area contributed by atoms with Gasteiger partial charge in [0.2, 0.25) is 5.91 Å². The van der Waals surface area contributed by atoms with Crippen LogP contribution in [0.25, 0.3) is 0 Å². The predicted molar refractivity (Wildman–Crippen MR) is 260 cm³/mol. The first-order chi connectivity index (χ1) is 29.8. The Morgan fingerprint density at radius 2 is 0.934 bits per heavy atom. The van der Waals surface area contributed by atoms with Crippen LogP contribution in [0.15, 0.2) is 24.3 Å². The molecular weight excluding hydrogens is 784 g/mol. The minimum atomic E-state index is -4.41. The van der Waals surface area contributed by atoms with Crippen molar-refractivity contribution in [3.05, 3.63) is 24.3 Å². The molecule has 0 aliphatic heterocycles. The zero-order valence-corrected chi connectivity index (χ0v) is 40.9. The number of phosphoric ester groups is 1. The average Bonchev–Trinajstić information content (AvgIpc) is 3.24. The van der Waals surface area contributed by atoms with E-state index < -0.39 is 38.6 Å². The molecule has 0 saturated heterocycles. The summed E-state index contributed by atoms with van der Waals surface area (Å²) in [4.78, 5) is 22.9. The van der Waals surface area contributed by atoms with Gasteiger partial charge in [-0.25, -0.2) is 4.57 Å². The Hall–Kier alpha value is -1.06. The minimum absolute atomic E-state index is 0.0463. The lowest BCUT2D eigenvalue weighted by atomic mass is 10.0. The van der Waals surface area contributed by atoms with Crippen LogP contribution in [0.5, 0.6) is 0 Å². The number of hydrogen-bond acceptors (Lipinski definition) is 7. The second-order valence-corrected chi connectivity index (χ2v) is 19.4. The van der Waals surface area contributed by atoms with E-state index in [4.69, 9.17) is 14.8 Å². The lowest BCUT2D eigenvalue weighted by Crippen LogP contribution is -2.46. The van der Waals surface area contributed by atoms with Gasteiger partial charge in [0, 0.05) is 6.54 Å². The first-order valence-corrected chi connectivity index (χ1v) is 27.5. The van der Waals surface area contributed by atoms with Gasteiger partial charge in [-0.05, 0) is 32.1 Å². The van der Waals surface area contributed by atoms with E-state index in [0.29, 0.717) is 12.8 Å². The van der Waals surface area contributed by atoms with Crippen LogP contribution in [0.2, 0.25) is 0 Å². The van der Waals surface area contributed by atoms with Crippen LogP contribution in [0.4, 0.5) is 0 Å². The number of rotatable bonds is 49. The molecule has 0 heterocycles. The fourth-order valence-corrected chi connectivity index (χ4v) is 8.66. The van der Waals surface area contributed by atoms with Gasteiger partial charge in [-0.3, -0.25) is 13.8 Å². The summed E-state index contributed by atoms with van der Waals surface area (Å²) in [5, 5.41) is 24.2. The number of carbonyl (C=O) groups is 1. The van der Waals surface area contributed by atoms with E-state index in [2.05, 4.69) is 31.3 Å². The smallest absolute Gasteiger partial charge is 0.393 e. The summed E-state index contributed by atoms with van der Waals surface area (Å²) in [5.74, 6) is -0.451. The van der Waals surface area contributed by atoms with Gasteiger partial charge in [0.25, 0.3) is 0 Å². The summed E-state index contributed by atoms with van der Waals surface area (Å²) in [6.07, 6.45) is 52.8. The largest absolute Gasteiger partial charge is 0.472 e. The molecule has 61 heavy (non-hydrogen) atoms. The van der Waals surface area contributed by atoms with Crippen LogP contribution in [-0.4, -0.2) is 59.0 Å². The quantitative estimate of drug-likeness (QED) is 0.0230. The monoisotopic (exact) mass is 885 g/mol. The number of allylic oxidation sites excluding steroid dienone is 3. The number of phosphoric acid groups is 1. The molecular formula is C51H101N2O7P. The highest BCUT2D eigenvalue weighted by Gasteiger charge is 2.27. The highest BCUT2D eigenvalue weighted by atomic mass is 31.2. The van der Waals surface area contributed by atoms with Crippen molar-refractivity contribution in [2.75, 3.05) is 19.8 Å². The molecule has 0 fully saturated rings. The summed E-state index contributed by atoms with van der Waals surface area (Å²) in [6, 6.07) is -0.997. The van der Waals surface area contributed by atoms with Crippen LogP contribution in [0, 0.1) is 0 Å². The van der Waals surface area contributed by atoms with Crippen molar-refractivity contribution in [1.82, 2.24) is 5.32 Å². The van der Waals surface area contributed by atoms with Crippen molar-refractivity contribution in [2.24, 2.45) is 5.73 Å². The zero-order chi connectivity index (χ0) is 44.8. The van der Waals surface area contributed by atoms with Crippen molar-refractivity contribution >= 4 is 13.7 Å². The van der Waals surface area contributed by atoms with E-state index in [1.54, 1.807) is 6.08 Å². The molecule has 0 radical (unpaired) electrons. The maximum atomic E-state index is 12.9. The lowest BCUT2D eigenvalue weighted by Gasteiger charge is -2.24. The summed E-state index contributed by atoms with van der Waals surface area (Å²) in [6.45, 7) is 3.99. The molecule has 0 spiro atoms. The number of nitrogens with one attached hydrogen (secondary N) is 1. The summed E-state index contributed by atoms with van der Waals surface area (Å²) in [7, 11) is -4.41. The Morgan fingerprint density at radius 3 is 1.36 bits per heavy atom. The summed E-state index contributed by atoms with van der Waals surface area (Å²) >= 11 is 0. The van der Waals surface area contributed by atoms with E-state index in [9.17, 15) is 24.5 Å². The van der Waals surface area contributed by atoms with Crippen molar-refractivity contribution < 1.29 is 33.5 Å². The van der Waals surface area contributed by atoms with Crippen LogP contribution in [-0.2, 0) is 18.4 Å². The van der Waals surface area contributed by atoms with Gasteiger partial charge in [0.1, 0.15) is 0 Å². The second kappa shape index (κ2) is 46.9. The van der Waals surface area contributed by atoms with E-state index in [0.717, 1.165) is 32.1 Å². The van der Waals surface area contributed by atoms with Crippen LogP contribution in [0.3, 0.4) is 0 Å². The Balaban J connectivity index is 4.21. The Bertz CT molecular complexity index is 1030. The molecule has 0 bridgehead atoms. The number of nitrogens with two attached hydrogens (primary N) is 1. The molecule has 0 aliphatic carbocycles. The predicted octanol–water partition coefficient (Wildman–Crippen LogP) is 14.3. The maximum absolute atomic E-state index is 12.9. The molecule has 0 aromatic rings. The van der Waals surface area contributed by atoms with Gasteiger partial charge >= 0.3 is 7.82 Å². The van der Waals surface area contributed by atoms with Crippen molar-refractivity contribution in [1.29, 1.82) is 0 Å². The fraction of sp³-hybridized carbons (Fsp3) is 0.902. The molecule has 1 amide bonds. The second-order valence-electron chi connectivity index (χ2n) is 17.9. The number of aliphatic hydroxyl groups is 2. The number of aliphatic hydroxyl groups excluding tert-OH is 2. The molecule has 4 atom stereocenters. The molecule has 0 aromatic carbocycles. The first kappa shape index (κ1) is 59.9. The SMILES string of the molecule is CCCCCCCCCCCCCCCC/C=C/CC/C=C/C(O)C(COP(=O)(O)OCCN)NC(=O)CC(O)CCCCCCCCCCCCCCCCCCCCC. The number of unbranched alkanes of at least 4 members (excludes halogenated alkanes) is 33. The third kappa shape index (κ3) is 45.3. The first-order valence-electron chi connectivity index (χ1n) is 26.0. The van der Waals surface area contributed by atoms with Gasteiger partial charge in [-0.2, -0.15) is 0 Å². The van der Waals surface area contributed by atoms with E-state index in [-0.39, 0.29) is 19.6 Å². The average molecular weight is 885 g/mol. The Labute approximate surface area is 377 Å². The highest BCUT2D eigenvalue weighted by molar-refractivity contribution is 7.47. The molecule has 0 rings (SSSR count). The molecule has 4 unspecified atom stereocenters. The molecule has 6 N–H and O–H groups in total. The maximum Gasteiger partial charge on any atom is 0.472 e. The summed E-state index contributed by atoms with van der Waals surface area (Å²) < 4.78 is 22.2. The lowest BCUT2D eigenvalue weighted by molar-refractivity contribution is -0.124. The number of hydrogen-bond donors (Lipinski definition) is 5. The van der Waals surface area contributed by atoms with Crippen LogP contribution in [0.1, 0.15) is 258 Å². The number of carbonyl (C=O) groups excluding carboxylic acids is 1. The van der Waals surface area contributed by atoms with Gasteiger partial charge in [-0.15, -0.1) is 0 Å². The molecule has 0 saturated carbocycles. The third-order valence-corrected chi connectivity index (χ3v) is 12.8.